The Bertz CT molecular complexity index is 1150. The molecule has 1 aromatic heterocycles. The van der Waals surface area contributed by atoms with Crippen LogP contribution in [0.4, 0.5) is 4.39 Å². The van der Waals surface area contributed by atoms with Crippen LogP contribution in [0.2, 0.25) is 0 Å². The molecule has 4 rings (SSSR count). The average Bonchev–Trinajstić information content (AvgIpc) is 3.54. The molecule has 3 aromatic rings. The molecular formula is C30H38FN3O2. The van der Waals surface area contributed by atoms with E-state index in [4.69, 9.17) is 0 Å². The van der Waals surface area contributed by atoms with E-state index in [1.165, 1.54) is 37.8 Å². The summed E-state index contributed by atoms with van der Waals surface area (Å²) in [6, 6.07) is 14.4. The summed E-state index contributed by atoms with van der Waals surface area (Å²) >= 11 is 0. The molecule has 2 amide bonds. The van der Waals surface area contributed by atoms with Crippen molar-refractivity contribution in [1.29, 1.82) is 0 Å². The first-order valence-electron chi connectivity index (χ1n) is 13.3. The molecule has 0 aliphatic heterocycles. The van der Waals surface area contributed by atoms with Crippen molar-refractivity contribution in [3.63, 3.8) is 0 Å². The number of hydrogen-bond acceptors (Lipinski definition) is 2. The Morgan fingerprint density at radius 3 is 2.47 bits per heavy atom. The fraction of sp³-hybridized carbons (Fsp3) is 0.467. The maximum Gasteiger partial charge on any atom is 0.242 e. The number of benzene rings is 2. The van der Waals surface area contributed by atoms with Gasteiger partial charge < -0.3 is 14.8 Å². The molecule has 0 atom stereocenters. The number of halogens is 1. The Kier molecular flexibility index (Phi) is 8.79. The molecule has 0 radical (unpaired) electrons. The van der Waals surface area contributed by atoms with Gasteiger partial charge in [-0.3, -0.25) is 9.59 Å². The maximum atomic E-state index is 13.6. The highest BCUT2D eigenvalue weighted by Gasteiger charge is 2.25. The molecule has 1 aliphatic rings. The minimum absolute atomic E-state index is 0.0497. The number of nitrogens with zero attached hydrogens (tertiary/aromatic N) is 2. The topological polar surface area (TPSA) is 56.4 Å². The van der Waals surface area contributed by atoms with Crippen LogP contribution >= 0.6 is 0 Å². The number of nitrogens with one attached hydrogen (secondary N) is 1. The van der Waals surface area contributed by atoms with Gasteiger partial charge in [0.15, 0.2) is 0 Å². The van der Waals surface area contributed by atoms with Gasteiger partial charge in [0.2, 0.25) is 11.8 Å². The van der Waals surface area contributed by atoms with E-state index < -0.39 is 0 Å². The van der Waals surface area contributed by atoms with Crippen molar-refractivity contribution in [2.24, 2.45) is 5.92 Å². The second-order valence-electron chi connectivity index (χ2n) is 10.4. The highest BCUT2D eigenvalue weighted by Crippen LogP contribution is 2.29. The number of aromatic amines is 1. The molecule has 0 saturated heterocycles. The van der Waals surface area contributed by atoms with E-state index in [2.05, 4.69) is 11.1 Å². The summed E-state index contributed by atoms with van der Waals surface area (Å²) in [6.07, 6.45) is 9.06. The predicted molar refractivity (Wildman–Crippen MR) is 142 cm³/mol. The van der Waals surface area contributed by atoms with E-state index in [-0.39, 0.29) is 30.2 Å². The molecule has 2 aromatic carbocycles. The van der Waals surface area contributed by atoms with Crippen molar-refractivity contribution in [3.8, 4) is 0 Å². The number of rotatable bonds is 11. The molecule has 0 unspecified atom stereocenters. The van der Waals surface area contributed by atoms with Gasteiger partial charge in [-0.05, 0) is 61.9 Å². The lowest BCUT2D eigenvalue weighted by Gasteiger charge is -2.30. The third-order valence-corrected chi connectivity index (χ3v) is 7.46. The van der Waals surface area contributed by atoms with Crippen molar-refractivity contribution in [2.75, 3.05) is 13.1 Å². The lowest BCUT2D eigenvalue weighted by molar-refractivity contribution is -0.142. The fourth-order valence-electron chi connectivity index (χ4n) is 5.27. The fourth-order valence-corrected chi connectivity index (χ4v) is 5.27. The Labute approximate surface area is 213 Å². The lowest BCUT2D eigenvalue weighted by Crippen LogP contribution is -2.46. The van der Waals surface area contributed by atoms with E-state index in [9.17, 15) is 14.0 Å². The van der Waals surface area contributed by atoms with Gasteiger partial charge in [-0.2, -0.15) is 0 Å². The summed E-state index contributed by atoms with van der Waals surface area (Å²) in [5.41, 5.74) is 3.09. The molecule has 0 spiro atoms. The molecule has 1 saturated carbocycles. The van der Waals surface area contributed by atoms with E-state index >= 15 is 0 Å². The number of aromatic nitrogens is 1. The average molecular weight is 492 g/mol. The molecule has 6 heteroatoms. The van der Waals surface area contributed by atoms with Crippen LogP contribution in [-0.2, 0) is 22.6 Å². The van der Waals surface area contributed by atoms with Gasteiger partial charge in [0.1, 0.15) is 5.82 Å². The van der Waals surface area contributed by atoms with Crippen LogP contribution in [0.5, 0.6) is 0 Å². The molecule has 0 bridgehead atoms. The molecule has 1 heterocycles. The Morgan fingerprint density at radius 1 is 1.03 bits per heavy atom. The Hall–Kier alpha value is -3.15. The van der Waals surface area contributed by atoms with Gasteiger partial charge in [-0.1, -0.05) is 56.0 Å². The smallest absolute Gasteiger partial charge is 0.242 e. The maximum absolute atomic E-state index is 13.6. The van der Waals surface area contributed by atoms with Gasteiger partial charge in [0.05, 0.1) is 6.54 Å². The predicted octanol–water partition coefficient (Wildman–Crippen LogP) is 6.09. The minimum atomic E-state index is -0.297. The number of amides is 2. The van der Waals surface area contributed by atoms with E-state index in [1.54, 1.807) is 21.9 Å². The quantitative estimate of drug-likeness (QED) is 0.353. The van der Waals surface area contributed by atoms with Crippen LogP contribution in [0.15, 0.2) is 54.7 Å². The number of H-pyrrole nitrogens is 1. The van der Waals surface area contributed by atoms with E-state index in [0.717, 1.165) is 28.5 Å². The summed E-state index contributed by atoms with van der Waals surface area (Å²) in [5.74, 6) is 0.324. The van der Waals surface area contributed by atoms with E-state index in [1.807, 2.05) is 38.2 Å². The second-order valence-corrected chi connectivity index (χ2v) is 10.4. The van der Waals surface area contributed by atoms with Crippen LogP contribution in [0.1, 0.15) is 63.5 Å². The van der Waals surface area contributed by atoms with Crippen molar-refractivity contribution >= 4 is 22.7 Å². The van der Waals surface area contributed by atoms with Crippen molar-refractivity contribution in [1.82, 2.24) is 14.8 Å². The standard InChI is InChI=1S/C30H38FN3O2/c1-22(2)34(29(35)16-13-23-7-3-4-8-23)21-30(36)33(20-24-11-14-26(31)15-12-24)18-17-25-19-32-28-10-6-5-9-27(25)28/h5-6,9-12,14-15,19,22-23,32H,3-4,7-8,13,16-18,20-21H2,1-2H3. The first-order valence-corrected chi connectivity index (χ1v) is 13.3. The van der Waals surface area contributed by atoms with Gasteiger partial charge in [0.25, 0.3) is 0 Å². The van der Waals surface area contributed by atoms with Gasteiger partial charge >= 0.3 is 0 Å². The van der Waals surface area contributed by atoms with Crippen LogP contribution in [0, 0.1) is 11.7 Å². The summed E-state index contributed by atoms with van der Waals surface area (Å²) in [7, 11) is 0. The van der Waals surface area contributed by atoms with Crippen LogP contribution < -0.4 is 0 Å². The zero-order valence-electron chi connectivity index (χ0n) is 21.5. The lowest BCUT2D eigenvalue weighted by atomic mass is 10.0. The number of carbonyl (C=O) groups excluding carboxylic acids is 2. The van der Waals surface area contributed by atoms with Crippen molar-refractivity contribution < 1.29 is 14.0 Å². The molecule has 1 N–H and O–H groups in total. The largest absolute Gasteiger partial charge is 0.361 e. The zero-order valence-corrected chi connectivity index (χ0v) is 21.5. The number of fused-ring (bicyclic) bond motifs is 1. The van der Waals surface area contributed by atoms with E-state index in [0.29, 0.717) is 31.8 Å². The number of hydrogen-bond donors (Lipinski definition) is 1. The third-order valence-electron chi connectivity index (χ3n) is 7.46. The molecule has 1 aliphatic carbocycles. The molecule has 5 nitrogen and oxygen atoms in total. The zero-order chi connectivity index (χ0) is 25.5. The summed E-state index contributed by atoms with van der Waals surface area (Å²) in [4.78, 5) is 33.5. The third kappa shape index (κ3) is 6.74. The van der Waals surface area contributed by atoms with Crippen LogP contribution in [-0.4, -0.2) is 45.7 Å². The first kappa shape index (κ1) is 25.9. The highest BCUT2D eigenvalue weighted by atomic mass is 19.1. The molecule has 36 heavy (non-hydrogen) atoms. The normalized spacial score (nSPS) is 14.0. The Morgan fingerprint density at radius 2 is 1.75 bits per heavy atom. The van der Waals surface area contributed by atoms with Crippen molar-refractivity contribution in [3.05, 3.63) is 71.7 Å². The first-order chi connectivity index (χ1) is 17.4. The summed E-state index contributed by atoms with van der Waals surface area (Å²) < 4.78 is 13.5. The molecule has 192 valence electrons. The van der Waals surface area contributed by atoms with Gasteiger partial charge in [0, 0.05) is 42.7 Å². The number of para-hydroxylation sites is 1. The van der Waals surface area contributed by atoms with Crippen LogP contribution in [0.25, 0.3) is 10.9 Å². The highest BCUT2D eigenvalue weighted by molar-refractivity contribution is 5.85. The monoisotopic (exact) mass is 491 g/mol. The van der Waals surface area contributed by atoms with Gasteiger partial charge in [-0.15, -0.1) is 0 Å². The van der Waals surface area contributed by atoms with Gasteiger partial charge in [-0.25, -0.2) is 4.39 Å². The second kappa shape index (κ2) is 12.2. The number of carbonyl (C=O) groups is 2. The molecular weight excluding hydrogens is 453 g/mol. The SMILES string of the molecule is CC(C)N(CC(=O)N(CCc1c[nH]c2ccccc12)Cc1ccc(F)cc1)C(=O)CCC1CCCC1. The Balaban J connectivity index is 1.45. The minimum Gasteiger partial charge on any atom is -0.361 e. The summed E-state index contributed by atoms with van der Waals surface area (Å²) in [6.45, 7) is 4.90. The summed E-state index contributed by atoms with van der Waals surface area (Å²) in [5, 5.41) is 1.15. The van der Waals surface area contributed by atoms with Crippen LogP contribution in [0.3, 0.4) is 0 Å². The molecule has 1 fully saturated rings. The van der Waals surface area contributed by atoms with Crippen molar-refractivity contribution in [2.45, 2.75) is 71.4 Å².